The molecule has 1 saturated heterocycles. The first-order valence-electron chi connectivity index (χ1n) is 7.24. The fraction of sp³-hybridized carbons (Fsp3) is 0.375. The van der Waals surface area contributed by atoms with E-state index >= 15 is 0 Å². The van der Waals surface area contributed by atoms with Crippen LogP contribution in [0.15, 0.2) is 24.4 Å². The Balaban J connectivity index is 2.01. The van der Waals surface area contributed by atoms with E-state index in [-0.39, 0.29) is 6.23 Å². The van der Waals surface area contributed by atoms with E-state index in [1.165, 1.54) is 19.3 Å². The standard InChI is InChI=1S/C16H17FN2O3/c1-21-14(20)8-7-11-5-6-12-10-18-19(16(12)15(11)17)13-4-2-3-9-22-13/h5-8,10,13H,2-4,9H2,1H3/b8-7+. The molecule has 1 aromatic heterocycles. The Bertz CT molecular complexity index is 717. The molecule has 0 N–H and O–H groups in total. The highest BCUT2D eigenvalue weighted by Crippen LogP contribution is 2.29. The van der Waals surface area contributed by atoms with Gasteiger partial charge >= 0.3 is 5.97 Å². The molecule has 0 radical (unpaired) electrons. The van der Waals surface area contributed by atoms with Gasteiger partial charge < -0.3 is 9.47 Å². The van der Waals surface area contributed by atoms with Crippen molar-refractivity contribution in [1.82, 2.24) is 9.78 Å². The van der Waals surface area contributed by atoms with Gasteiger partial charge in [0, 0.05) is 23.6 Å². The van der Waals surface area contributed by atoms with Gasteiger partial charge in [-0.1, -0.05) is 12.1 Å². The van der Waals surface area contributed by atoms with E-state index in [1.54, 1.807) is 23.0 Å². The van der Waals surface area contributed by atoms with Crippen molar-refractivity contribution in [3.63, 3.8) is 0 Å². The zero-order chi connectivity index (χ0) is 15.5. The van der Waals surface area contributed by atoms with Crippen LogP contribution < -0.4 is 0 Å². The lowest BCUT2D eigenvalue weighted by molar-refractivity contribution is -0.134. The predicted molar refractivity (Wildman–Crippen MR) is 79.6 cm³/mol. The fourth-order valence-electron chi connectivity index (χ4n) is 2.60. The first kappa shape index (κ1) is 14.7. The molecule has 2 heterocycles. The Kier molecular flexibility index (Phi) is 4.20. The maximum atomic E-state index is 14.8. The number of ether oxygens (including phenoxy) is 2. The molecular weight excluding hydrogens is 287 g/mol. The van der Waals surface area contributed by atoms with E-state index < -0.39 is 11.8 Å². The summed E-state index contributed by atoms with van der Waals surface area (Å²) in [5.74, 6) is -0.937. The van der Waals surface area contributed by atoms with Gasteiger partial charge in [-0.15, -0.1) is 0 Å². The number of hydrogen-bond acceptors (Lipinski definition) is 4. The van der Waals surface area contributed by atoms with E-state index in [2.05, 4.69) is 9.84 Å². The Labute approximate surface area is 127 Å². The summed E-state index contributed by atoms with van der Waals surface area (Å²) >= 11 is 0. The lowest BCUT2D eigenvalue weighted by Crippen LogP contribution is -2.19. The molecule has 1 aliphatic heterocycles. The van der Waals surface area contributed by atoms with E-state index in [0.717, 1.165) is 19.3 Å². The number of esters is 1. The number of carbonyl (C=O) groups is 1. The molecule has 0 saturated carbocycles. The molecule has 1 aromatic carbocycles. The Hall–Kier alpha value is -2.21. The fourth-order valence-corrected chi connectivity index (χ4v) is 2.60. The summed E-state index contributed by atoms with van der Waals surface area (Å²) in [6, 6.07) is 3.40. The van der Waals surface area contributed by atoms with Crippen LogP contribution in [0.2, 0.25) is 0 Å². The highest BCUT2D eigenvalue weighted by atomic mass is 19.1. The van der Waals surface area contributed by atoms with Gasteiger partial charge in [0.05, 0.1) is 13.3 Å². The van der Waals surface area contributed by atoms with Gasteiger partial charge in [-0.05, 0) is 25.3 Å². The minimum absolute atomic E-state index is 0.236. The normalized spacial score (nSPS) is 18.9. The molecule has 5 nitrogen and oxygen atoms in total. The van der Waals surface area contributed by atoms with Crippen LogP contribution in [0.3, 0.4) is 0 Å². The van der Waals surface area contributed by atoms with E-state index in [9.17, 15) is 9.18 Å². The molecule has 0 aliphatic carbocycles. The van der Waals surface area contributed by atoms with Crippen LogP contribution >= 0.6 is 0 Å². The van der Waals surface area contributed by atoms with Crippen molar-refractivity contribution in [3.8, 4) is 0 Å². The zero-order valence-corrected chi connectivity index (χ0v) is 12.3. The third-order valence-corrected chi connectivity index (χ3v) is 3.76. The van der Waals surface area contributed by atoms with Crippen LogP contribution in [0.4, 0.5) is 4.39 Å². The number of methoxy groups -OCH3 is 1. The van der Waals surface area contributed by atoms with Crippen LogP contribution in [0.1, 0.15) is 31.1 Å². The lowest BCUT2D eigenvalue weighted by atomic mass is 10.1. The Morgan fingerprint density at radius 3 is 3.09 bits per heavy atom. The number of carbonyl (C=O) groups excluding carboxylic acids is 1. The molecule has 0 amide bonds. The molecule has 0 bridgehead atoms. The van der Waals surface area contributed by atoms with Gasteiger partial charge in [-0.3, -0.25) is 0 Å². The summed E-state index contributed by atoms with van der Waals surface area (Å²) in [6.45, 7) is 0.662. The van der Waals surface area contributed by atoms with Crippen molar-refractivity contribution in [3.05, 3.63) is 35.8 Å². The number of halogens is 1. The van der Waals surface area contributed by atoms with Crippen LogP contribution in [-0.4, -0.2) is 29.5 Å². The van der Waals surface area contributed by atoms with Crippen molar-refractivity contribution in [2.75, 3.05) is 13.7 Å². The smallest absolute Gasteiger partial charge is 0.330 e. The Morgan fingerprint density at radius 2 is 2.36 bits per heavy atom. The van der Waals surface area contributed by atoms with Gasteiger partial charge in [0.15, 0.2) is 12.0 Å². The summed E-state index contributed by atoms with van der Waals surface area (Å²) in [6.07, 6.45) is 6.87. The molecule has 22 heavy (non-hydrogen) atoms. The van der Waals surface area contributed by atoms with Crippen LogP contribution in [0.25, 0.3) is 17.0 Å². The minimum atomic E-state index is -0.524. The highest BCUT2D eigenvalue weighted by molar-refractivity contribution is 5.89. The molecule has 0 spiro atoms. The van der Waals surface area contributed by atoms with Crippen molar-refractivity contribution in [2.45, 2.75) is 25.5 Å². The van der Waals surface area contributed by atoms with Gasteiger partial charge in [-0.25, -0.2) is 13.9 Å². The average molecular weight is 304 g/mol. The SMILES string of the molecule is COC(=O)/C=C/c1ccc2cnn(C3CCCCO3)c2c1F. The first-order valence-corrected chi connectivity index (χ1v) is 7.24. The summed E-state index contributed by atoms with van der Waals surface area (Å²) in [5, 5.41) is 4.98. The van der Waals surface area contributed by atoms with Gasteiger partial charge in [-0.2, -0.15) is 5.10 Å². The monoisotopic (exact) mass is 304 g/mol. The van der Waals surface area contributed by atoms with Gasteiger partial charge in [0.25, 0.3) is 0 Å². The predicted octanol–water partition coefficient (Wildman–Crippen LogP) is 3.06. The topological polar surface area (TPSA) is 53.3 Å². The maximum Gasteiger partial charge on any atom is 0.330 e. The van der Waals surface area contributed by atoms with Crippen molar-refractivity contribution in [2.24, 2.45) is 0 Å². The number of hydrogen-bond donors (Lipinski definition) is 0. The largest absolute Gasteiger partial charge is 0.466 e. The molecule has 1 fully saturated rings. The number of rotatable bonds is 3. The maximum absolute atomic E-state index is 14.8. The summed E-state index contributed by atoms with van der Waals surface area (Å²) in [7, 11) is 1.28. The van der Waals surface area contributed by atoms with Crippen molar-refractivity contribution in [1.29, 1.82) is 0 Å². The Morgan fingerprint density at radius 1 is 1.50 bits per heavy atom. The number of benzene rings is 1. The second kappa shape index (κ2) is 6.27. The quantitative estimate of drug-likeness (QED) is 0.646. The molecule has 6 heteroatoms. The van der Waals surface area contributed by atoms with E-state index in [4.69, 9.17) is 4.74 Å². The average Bonchev–Trinajstić information content (AvgIpc) is 2.99. The second-order valence-corrected chi connectivity index (χ2v) is 5.17. The first-order chi connectivity index (χ1) is 10.7. The summed E-state index contributed by atoms with van der Waals surface area (Å²) in [5.41, 5.74) is 0.717. The molecule has 2 aromatic rings. The number of aromatic nitrogens is 2. The number of fused-ring (bicyclic) bond motifs is 1. The molecule has 3 rings (SSSR count). The summed E-state index contributed by atoms with van der Waals surface area (Å²) in [4.78, 5) is 11.2. The molecule has 1 atom stereocenters. The number of nitrogens with zero attached hydrogens (tertiary/aromatic N) is 2. The van der Waals surface area contributed by atoms with Crippen molar-refractivity contribution >= 4 is 22.9 Å². The van der Waals surface area contributed by atoms with Gasteiger partial charge in [0.1, 0.15) is 5.52 Å². The summed E-state index contributed by atoms with van der Waals surface area (Å²) < 4.78 is 26.5. The van der Waals surface area contributed by atoms with E-state index in [1.807, 2.05) is 0 Å². The minimum Gasteiger partial charge on any atom is -0.466 e. The molecule has 1 aliphatic rings. The second-order valence-electron chi connectivity index (χ2n) is 5.17. The molecule has 116 valence electrons. The highest BCUT2D eigenvalue weighted by Gasteiger charge is 2.21. The van der Waals surface area contributed by atoms with E-state index in [0.29, 0.717) is 23.1 Å². The lowest BCUT2D eigenvalue weighted by Gasteiger charge is -2.23. The van der Waals surface area contributed by atoms with Crippen LogP contribution in [-0.2, 0) is 14.3 Å². The van der Waals surface area contributed by atoms with Crippen molar-refractivity contribution < 1.29 is 18.7 Å². The zero-order valence-electron chi connectivity index (χ0n) is 12.3. The third-order valence-electron chi connectivity index (χ3n) is 3.76. The molecule has 1 unspecified atom stereocenters. The van der Waals surface area contributed by atoms with Gasteiger partial charge in [0.2, 0.25) is 0 Å². The third kappa shape index (κ3) is 2.74. The van der Waals surface area contributed by atoms with Crippen LogP contribution in [0, 0.1) is 5.82 Å². The van der Waals surface area contributed by atoms with Crippen LogP contribution in [0.5, 0.6) is 0 Å². The molecular formula is C16H17FN2O3.